The first-order valence-corrected chi connectivity index (χ1v) is 5.09. The van der Waals surface area contributed by atoms with E-state index in [1.807, 2.05) is 0 Å². The smallest absolute Gasteiger partial charge is 0.00159 e. The summed E-state index contributed by atoms with van der Waals surface area (Å²) < 4.78 is 0. The number of hydrogen-bond acceptors (Lipinski definition) is 1. The van der Waals surface area contributed by atoms with Crippen molar-refractivity contribution >= 4 is 0 Å². The maximum absolute atomic E-state index is 5.69. The van der Waals surface area contributed by atoms with Crippen LogP contribution in [0.15, 0.2) is 12.2 Å². The van der Waals surface area contributed by atoms with Crippen molar-refractivity contribution in [1.29, 1.82) is 0 Å². The predicted octanol–water partition coefficient (Wildman–Crippen LogP) is 3.11. The Morgan fingerprint density at radius 1 is 1.33 bits per heavy atom. The van der Waals surface area contributed by atoms with Crippen molar-refractivity contribution in [3.63, 3.8) is 0 Å². The third-order valence-electron chi connectivity index (χ3n) is 1.93. The molecule has 0 radical (unpaired) electrons. The molecule has 2 atom stereocenters. The average molecular weight is 169 g/mol. The van der Waals surface area contributed by atoms with Gasteiger partial charge in [-0.05, 0) is 25.7 Å². The van der Waals surface area contributed by atoms with Crippen molar-refractivity contribution < 1.29 is 0 Å². The molecule has 0 aliphatic heterocycles. The van der Waals surface area contributed by atoms with Gasteiger partial charge in [0.15, 0.2) is 0 Å². The largest absolute Gasteiger partial charge is 0.328 e. The van der Waals surface area contributed by atoms with Crippen molar-refractivity contribution in [2.24, 2.45) is 11.7 Å². The van der Waals surface area contributed by atoms with Crippen molar-refractivity contribution in [3.05, 3.63) is 12.2 Å². The van der Waals surface area contributed by atoms with Gasteiger partial charge < -0.3 is 5.73 Å². The van der Waals surface area contributed by atoms with E-state index in [0.29, 0.717) is 12.0 Å². The second-order valence-corrected chi connectivity index (χ2v) is 3.76. The lowest BCUT2D eigenvalue weighted by Crippen LogP contribution is -2.17. The SMILES string of the molecule is CCCC/C=C/C(C)CC(C)N. The van der Waals surface area contributed by atoms with Gasteiger partial charge in [0.1, 0.15) is 0 Å². The Balaban J connectivity index is 3.40. The molecule has 1 nitrogen and oxygen atoms in total. The molecular weight excluding hydrogens is 146 g/mol. The van der Waals surface area contributed by atoms with Gasteiger partial charge >= 0.3 is 0 Å². The first-order chi connectivity index (χ1) is 5.66. The van der Waals surface area contributed by atoms with E-state index in [9.17, 15) is 0 Å². The molecule has 1 heteroatoms. The van der Waals surface area contributed by atoms with Crippen LogP contribution in [-0.4, -0.2) is 6.04 Å². The van der Waals surface area contributed by atoms with Crippen LogP contribution in [0.2, 0.25) is 0 Å². The molecule has 0 aromatic carbocycles. The van der Waals surface area contributed by atoms with Crippen LogP contribution in [0.4, 0.5) is 0 Å². The van der Waals surface area contributed by atoms with Crippen LogP contribution in [0, 0.1) is 5.92 Å². The highest BCUT2D eigenvalue weighted by Gasteiger charge is 1.99. The third kappa shape index (κ3) is 7.80. The summed E-state index contributed by atoms with van der Waals surface area (Å²) >= 11 is 0. The summed E-state index contributed by atoms with van der Waals surface area (Å²) in [6.07, 6.45) is 9.49. The maximum atomic E-state index is 5.69. The molecule has 0 saturated heterocycles. The maximum Gasteiger partial charge on any atom is 0.00159 e. The van der Waals surface area contributed by atoms with Gasteiger partial charge in [-0.3, -0.25) is 0 Å². The van der Waals surface area contributed by atoms with Gasteiger partial charge in [0, 0.05) is 6.04 Å². The number of rotatable bonds is 6. The molecule has 0 fully saturated rings. The molecule has 72 valence electrons. The third-order valence-corrected chi connectivity index (χ3v) is 1.93. The van der Waals surface area contributed by atoms with E-state index >= 15 is 0 Å². The van der Waals surface area contributed by atoms with Crippen LogP contribution in [0.1, 0.15) is 46.5 Å². The van der Waals surface area contributed by atoms with E-state index in [2.05, 4.69) is 32.9 Å². The number of unbranched alkanes of at least 4 members (excludes halogenated alkanes) is 2. The highest BCUT2D eigenvalue weighted by molar-refractivity contribution is 4.87. The number of nitrogens with two attached hydrogens (primary N) is 1. The molecule has 0 heterocycles. The minimum absolute atomic E-state index is 0.329. The number of allylic oxidation sites excluding steroid dienone is 2. The van der Waals surface area contributed by atoms with E-state index in [1.54, 1.807) is 0 Å². The average Bonchev–Trinajstić information content (AvgIpc) is 1.97. The Hall–Kier alpha value is -0.300. The van der Waals surface area contributed by atoms with Crippen molar-refractivity contribution in [3.8, 4) is 0 Å². The van der Waals surface area contributed by atoms with Gasteiger partial charge in [0.25, 0.3) is 0 Å². The van der Waals surface area contributed by atoms with Crippen molar-refractivity contribution in [2.75, 3.05) is 0 Å². The summed E-state index contributed by atoms with van der Waals surface area (Å²) in [5.41, 5.74) is 5.69. The molecule has 0 amide bonds. The summed E-state index contributed by atoms with van der Waals surface area (Å²) in [5.74, 6) is 0.641. The minimum atomic E-state index is 0.329. The van der Waals surface area contributed by atoms with Crippen LogP contribution in [0.3, 0.4) is 0 Å². The monoisotopic (exact) mass is 169 g/mol. The zero-order chi connectivity index (χ0) is 9.40. The fraction of sp³-hybridized carbons (Fsp3) is 0.818. The summed E-state index contributed by atoms with van der Waals surface area (Å²) in [6, 6.07) is 0.329. The Kier molecular flexibility index (Phi) is 7.17. The molecule has 0 saturated carbocycles. The van der Waals surface area contributed by atoms with Gasteiger partial charge in [0.05, 0.1) is 0 Å². The Labute approximate surface area is 77.0 Å². The fourth-order valence-corrected chi connectivity index (χ4v) is 1.32. The van der Waals surface area contributed by atoms with E-state index < -0.39 is 0 Å². The van der Waals surface area contributed by atoms with E-state index in [1.165, 1.54) is 19.3 Å². The summed E-state index contributed by atoms with van der Waals surface area (Å²) in [7, 11) is 0. The van der Waals surface area contributed by atoms with Crippen LogP contribution in [-0.2, 0) is 0 Å². The lowest BCUT2D eigenvalue weighted by Gasteiger charge is -2.08. The zero-order valence-corrected chi connectivity index (χ0v) is 8.72. The molecule has 0 aliphatic carbocycles. The van der Waals surface area contributed by atoms with Gasteiger partial charge in [0.2, 0.25) is 0 Å². The molecule has 0 spiro atoms. The second kappa shape index (κ2) is 7.35. The summed E-state index contributed by atoms with van der Waals surface area (Å²) in [5, 5.41) is 0. The van der Waals surface area contributed by atoms with Crippen molar-refractivity contribution in [1.82, 2.24) is 0 Å². The van der Waals surface area contributed by atoms with Gasteiger partial charge in [-0.25, -0.2) is 0 Å². The lowest BCUT2D eigenvalue weighted by molar-refractivity contribution is 0.560. The molecule has 0 rings (SSSR count). The quantitative estimate of drug-likeness (QED) is 0.480. The Morgan fingerprint density at radius 2 is 2.00 bits per heavy atom. The van der Waals surface area contributed by atoms with Crippen LogP contribution < -0.4 is 5.73 Å². The molecule has 0 aromatic heterocycles. The molecule has 2 unspecified atom stereocenters. The standard InChI is InChI=1S/C11H23N/c1-4-5-6-7-8-10(2)9-11(3)12/h7-8,10-11H,4-6,9,12H2,1-3H3/b8-7+. The lowest BCUT2D eigenvalue weighted by atomic mass is 10.0. The van der Waals surface area contributed by atoms with Crippen LogP contribution in [0.25, 0.3) is 0 Å². The Bertz CT molecular complexity index is 116. The molecule has 0 aliphatic rings. The first-order valence-electron chi connectivity index (χ1n) is 5.09. The second-order valence-electron chi connectivity index (χ2n) is 3.76. The highest BCUT2D eigenvalue weighted by Crippen LogP contribution is 2.07. The Morgan fingerprint density at radius 3 is 2.50 bits per heavy atom. The number of hydrogen-bond donors (Lipinski definition) is 1. The summed E-state index contributed by atoms with van der Waals surface area (Å²) in [6.45, 7) is 6.52. The van der Waals surface area contributed by atoms with Gasteiger partial charge in [-0.2, -0.15) is 0 Å². The molecule has 2 N–H and O–H groups in total. The van der Waals surface area contributed by atoms with E-state index in [-0.39, 0.29) is 0 Å². The first kappa shape index (κ1) is 11.7. The molecule has 12 heavy (non-hydrogen) atoms. The molecule has 0 bridgehead atoms. The van der Waals surface area contributed by atoms with E-state index in [0.717, 1.165) is 6.42 Å². The fourth-order valence-electron chi connectivity index (χ4n) is 1.32. The molecule has 0 aromatic rings. The highest BCUT2D eigenvalue weighted by atomic mass is 14.6. The van der Waals surface area contributed by atoms with Gasteiger partial charge in [-0.1, -0.05) is 38.8 Å². The van der Waals surface area contributed by atoms with Crippen molar-refractivity contribution in [2.45, 2.75) is 52.5 Å². The minimum Gasteiger partial charge on any atom is -0.328 e. The van der Waals surface area contributed by atoms with Crippen LogP contribution >= 0.6 is 0 Å². The normalized spacial score (nSPS) is 16.7. The molecular formula is C11H23N. The summed E-state index contributed by atoms with van der Waals surface area (Å²) in [4.78, 5) is 0. The topological polar surface area (TPSA) is 26.0 Å². The van der Waals surface area contributed by atoms with E-state index in [4.69, 9.17) is 5.73 Å². The van der Waals surface area contributed by atoms with Gasteiger partial charge in [-0.15, -0.1) is 0 Å². The predicted molar refractivity (Wildman–Crippen MR) is 56.1 cm³/mol. The van der Waals surface area contributed by atoms with Crippen LogP contribution in [0.5, 0.6) is 0 Å². The zero-order valence-electron chi connectivity index (χ0n) is 8.72.